The van der Waals surface area contributed by atoms with E-state index in [1.165, 1.54) is 12.5 Å². The number of carbonyl (C=O) groups excluding carboxylic acids is 2. The molecule has 25 heavy (non-hydrogen) atoms. The molecule has 0 aromatic carbocycles. The van der Waals surface area contributed by atoms with Crippen molar-refractivity contribution in [3.05, 3.63) is 11.1 Å². The van der Waals surface area contributed by atoms with Gasteiger partial charge in [-0.2, -0.15) is 8.42 Å². The number of aromatic nitrogens is 1. The molecule has 0 bridgehead atoms. The van der Waals surface area contributed by atoms with Crippen LogP contribution in [0.1, 0.15) is 5.69 Å². The van der Waals surface area contributed by atoms with Gasteiger partial charge in [0.2, 0.25) is 0 Å². The van der Waals surface area contributed by atoms with Gasteiger partial charge in [-0.1, -0.05) is 10.3 Å². The summed E-state index contributed by atoms with van der Waals surface area (Å²) in [6.45, 7) is 0. The Hall–Kier alpha value is -2.78. The number of hydrogen-bond acceptors (Lipinski definition) is 11. The van der Waals surface area contributed by atoms with E-state index in [0.29, 0.717) is 6.21 Å². The van der Waals surface area contributed by atoms with Crippen LogP contribution >= 0.6 is 11.3 Å². The highest BCUT2D eigenvalue weighted by Gasteiger charge is 2.53. The minimum absolute atomic E-state index is 0.0473. The lowest BCUT2D eigenvalue weighted by Gasteiger charge is -2.41. The SMILES string of the molecule is CON=C(C(=O)N[C@@H]1C(=O)N(S(=O)(=O)O)[C@@H]1C=NO)c1csc(N)n1. The van der Waals surface area contributed by atoms with Crippen LogP contribution < -0.4 is 11.1 Å². The molecule has 1 aromatic rings. The van der Waals surface area contributed by atoms with Crippen molar-refractivity contribution in [2.45, 2.75) is 12.1 Å². The number of carbonyl (C=O) groups is 2. The van der Waals surface area contributed by atoms with Gasteiger partial charge in [-0.05, 0) is 0 Å². The number of amides is 2. The lowest BCUT2D eigenvalue weighted by atomic mass is 9.99. The molecule has 1 fully saturated rings. The molecular weight excluding hydrogens is 380 g/mol. The number of nitrogens with one attached hydrogen (secondary N) is 1. The largest absolute Gasteiger partial charge is 0.411 e. The monoisotopic (exact) mass is 392 g/mol. The number of nitrogens with two attached hydrogens (primary N) is 1. The first kappa shape index (κ1) is 18.6. The number of nitrogens with zero attached hydrogens (tertiary/aromatic N) is 4. The molecule has 1 aliphatic rings. The van der Waals surface area contributed by atoms with Crippen molar-refractivity contribution >= 4 is 50.5 Å². The highest BCUT2D eigenvalue weighted by molar-refractivity contribution is 7.84. The molecule has 2 atom stereocenters. The first-order valence-corrected chi connectivity index (χ1v) is 8.60. The van der Waals surface area contributed by atoms with Crippen LogP contribution in [0.5, 0.6) is 0 Å². The maximum absolute atomic E-state index is 12.3. The molecule has 15 heteroatoms. The van der Waals surface area contributed by atoms with E-state index in [9.17, 15) is 18.0 Å². The minimum Gasteiger partial charge on any atom is -0.411 e. The zero-order valence-electron chi connectivity index (χ0n) is 12.4. The maximum Gasteiger partial charge on any atom is 0.362 e. The Morgan fingerprint density at radius 3 is 2.76 bits per heavy atom. The van der Waals surface area contributed by atoms with E-state index in [1.54, 1.807) is 0 Å². The van der Waals surface area contributed by atoms with Crippen molar-refractivity contribution in [3.8, 4) is 0 Å². The van der Waals surface area contributed by atoms with Crippen molar-refractivity contribution in [2.75, 3.05) is 12.8 Å². The number of anilines is 1. The summed E-state index contributed by atoms with van der Waals surface area (Å²) < 4.78 is 31.3. The van der Waals surface area contributed by atoms with E-state index >= 15 is 0 Å². The fraction of sp³-hybridized carbons (Fsp3) is 0.300. The van der Waals surface area contributed by atoms with Gasteiger partial charge in [0, 0.05) is 5.38 Å². The number of β-lactam (4-membered cyclic amide) rings is 1. The standard InChI is InChI=1S/C10H12N6O7S2/c1-23-15-6(4-3-24-10(11)13-4)8(17)14-7-5(2-12-19)16(9(7)18)25(20,21)22/h2-3,5,7,19H,1H3,(H2,11,13)(H,14,17)(H,20,21,22)/t5-,7+/m1/s1. The van der Waals surface area contributed by atoms with Crippen molar-refractivity contribution in [1.82, 2.24) is 14.6 Å². The summed E-state index contributed by atoms with van der Waals surface area (Å²) in [6.07, 6.45) is 0.661. The Morgan fingerprint density at radius 1 is 1.60 bits per heavy atom. The molecule has 5 N–H and O–H groups in total. The predicted octanol–water partition coefficient (Wildman–Crippen LogP) is -1.97. The van der Waals surface area contributed by atoms with Crippen molar-refractivity contribution in [3.63, 3.8) is 0 Å². The van der Waals surface area contributed by atoms with Gasteiger partial charge >= 0.3 is 10.3 Å². The minimum atomic E-state index is -4.89. The molecule has 0 unspecified atom stereocenters. The van der Waals surface area contributed by atoms with E-state index in [0.717, 1.165) is 11.3 Å². The van der Waals surface area contributed by atoms with E-state index in [-0.39, 0.29) is 20.8 Å². The second-order valence-corrected chi connectivity index (χ2v) is 6.69. The van der Waals surface area contributed by atoms with Crippen LogP contribution in [-0.2, 0) is 24.7 Å². The highest BCUT2D eigenvalue weighted by atomic mass is 32.2. The fourth-order valence-corrected chi connectivity index (χ4v) is 3.39. The average Bonchev–Trinajstić information content (AvgIpc) is 2.94. The van der Waals surface area contributed by atoms with Gasteiger partial charge in [0.1, 0.15) is 24.9 Å². The summed E-state index contributed by atoms with van der Waals surface area (Å²) in [7, 11) is -3.71. The van der Waals surface area contributed by atoms with Gasteiger partial charge in [-0.15, -0.1) is 11.3 Å². The number of rotatable bonds is 6. The average molecular weight is 392 g/mol. The summed E-state index contributed by atoms with van der Waals surface area (Å²) in [5.41, 5.74) is 5.25. The van der Waals surface area contributed by atoms with Crippen LogP contribution in [0.4, 0.5) is 5.13 Å². The molecule has 0 saturated carbocycles. The zero-order valence-corrected chi connectivity index (χ0v) is 14.1. The molecule has 0 spiro atoms. The summed E-state index contributed by atoms with van der Waals surface area (Å²) in [4.78, 5) is 32.6. The molecule has 1 saturated heterocycles. The van der Waals surface area contributed by atoms with Crippen LogP contribution in [0.3, 0.4) is 0 Å². The second kappa shape index (κ2) is 6.99. The molecule has 1 aromatic heterocycles. The summed E-state index contributed by atoms with van der Waals surface area (Å²) in [6, 6.07) is -2.83. The molecular formula is C10H12N6O7S2. The lowest BCUT2D eigenvalue weighted by Crippen LogP contribution is -2.72. The van der Waals surface area contributed by atoms with E-state index in [4.69, 9.17) is 15.5 Å². The third-order valence-corrected chi connectivity index (χ3v) is 4.61. The van der Waals surface area contributed by atoms with E-state index < -0.39 is 34.2 Å². The molecule has 0 radical (unpaired) electrons. The quantitative estimate of drug-likeness (QED) is 0.139. The van der Waals surface area contributed by atoms with E-state index in [2.05, 4.69) is 25.4 Å². The normalized spacial score (nSPS) is 21.3. The first-order valence-electron chi connectivity index (χ1n) is 6.32. The van der Waals surface area contributed by atoms with Gasteiger partial charge in [0.15, 0.2) is 10.8 Å². The highest BCUT2D eigenvalue weighted by Crippen LogP contribution is 2.22. The molecule has 2 rings (SSSR count). The molecule has 1 aliphatic heterocycles. The molecule has 136 valence electrons. The number of hydrogen-bond donors (Lipinski definition) is 4. The smallest absolute Gasteiger partial charge is 0.362 e. The van der Waals surface area contributed by atoms with Crippen molar-refractivity contribution in [2.24, 2.45) is 10.3 Å². The Kier molecular flexibility index (Phi) is 5.19. The molecule has 2 amide bonds. The van der Waals surface area contributed by atoms with Gasteiger partial charge in [0.25, 0.3) is 11.8 Å². The zero-order chi connectivity index (χ0) is 18.8. The van der Waals surface area contributed by atoms with Gasteiger partial charge in [0.05, 0.1) is 6.21 Å². The Balaban J connectivity index is 2.23. The van der Waals surface area contributed by atoms with Crippen molar-refractivity contribution in [1.29, 1.82) is 0 Å². The number of nitrogen functional groups attached to an aromatic ring is 1. The number of thiazole rings is 1. The third kappa shape index (κ3) is 3.67. The second-order valence-electron chi connectivity index (χ2n) is 4.51. The lowest BCUT2D eigenvalue weighted by molar-refractivity contribution is -0.141. The first-order chi connectivity index (χ1) is 11.7. The van der Waals surface area contributed by atoms with Crippen LogP contribution in [0.15, 0.2) is 15.7 Å². The molecule has 13 nitrogen and oxygen atoms in total. The molecule has 2 heterocycles. The Labute approximate surface area is 144 Å². The van der Waals surface area contributed by atoms with Crippen LogP contribution in [0, 0.1) is 0 Å². The van der Waals surface area contributed by atoms with Crippen LogP contribution in [-0.4, -0.2) is 70.4 Å². The van der Waals surface area contributed by atoms with Gasteiger partial charge < -0.3 is 21.1 Å². The third-order valence-electron chi connectivity index (χ3n) is 3.01. The van der Waals surface area contributed by atoms with Gasteiger partial charge in [-0.25, -0.2) is 9.29 Å². The summed E-state index contributed by atoms with van der Waals surface area (Å²) >= 11 is 1.04. The number of oxime groups is 2. The van der Waals surface area contributed by atoms with Crippen molar-refractivity contribution < 1.29 is 32.6 Å². The molecule has 0 aliphatic carbocycles. The Morgan fingerprint density at radius 2 is 2.28 bits per heavy atom. The summed E-state index contributed by atoms with van der Waals surface area (Å²) in [5, 5.41) is 18.5. The van der Waals surface area contributed by atoms with Crippen LogP contribution in [0.2, 0.25) is 0 Å². The Bertz CT molecular complexity index is 848. The fourth-order valence-electron chi connectivity index (χ4n) is 2.01. The van der Waals surface area contributed by atoms with Gasteiger partial charge in [-0.3, -0.25) is 14.1 Å². The summed E-state index contributed by atoms with van der Waals surface area (Å²) in [5.74, 6) is -2.05. The topological polar surface area (TPSA) is 197 Å². The predicted molar refractivity (Wildman–Crippen MR) is 84.5 cm³/mol. The maximum atomic E-state index is 12.3. The van der Waals surface area contributed by atoms with E-state index in [1.807, 2.05) is 0 Å². The van der Waals surface area contributed by atoms with Crippen LogP contribution in [0.25, 0.3) is 0 Å².